The minimum Gasteiger partial charge on any atom is -0.453 e. The van der Waals surface area contributed by atoms with E-state index in [0.29, 0.717) is 41.5 Å². The van der Waals surface area contributed by atoms with Gasteiger partial charge in [-0.05, 0) is 54.0 Å². The highest BCUT2D eigenvalue weighted by atomic mass is 35.5. The van der Waals surface area contributed by atoms with E-state index in [1.807, 2.05) is 12.1 Å². The molecule has 0 aliphatic carbocycles. The van der Waals surface area contributed by atoms with Gasteiger partial charge in [0.2, 0.25) is 11.8 Å². The Kier molecular flexibility index (Phi) is 9.14. The number of carbonyl (C=O) groups is 3. The van der Waals surface area contributed by atoms with Crippen molar-refractivity contribution in [2.24, 2.45) is 16.0 Å². The lowest BCUT2D eigenvalue weighted by Gasteiger charge is -2.29. The summed E-state index contributed by atoms with van der Waals surface area (Å²) in [5.74, 6) is 5.28. The minimum atomic E-state index is -0.543. The zero-order valence-corrected chi connectivity index (χ0v) is 20.4. The molecule has 11 nitrogen and oxygen atoms in total. The van der Waals surface area contributed by atoms with Crippen LogP contribution < -0.4 is 21.5 Å². The lowest BCUT2D eigenvalue weighted by Crippen LogP contribution is -2.42. The number of rotatable bonds is 8. The highest BCUT2D eigenvalue weighted by Gasteiger charge is 2.21. The van der Waals surface area contributed by atoms with E-state index in [4.69, 9.17) is 17.4 Å². The second kappa shape index (κ2) is 12.5. The average Bonchev–Trinajstić information content (AvgIpc) is 2.88. The summed E-state index contributed by atoms with van der Waals surface area (Å²) in [5, 5.41) is 13.9. The molecule has 0 bridgehead atoms. The van der Waals surface area contributed by atoms with E-state index < -0.39 is 12.0 Å². The fraction of sp³-hybridized carbons (Fsp3) is 0.208. The molecule has 0 saturated carbocycles. The molecule has 0 spiro atoms. The number of fused-ring (bicyclic) bond motifs is 1. The van der Waals surface area contributed by atoms with Gasteiger partial charge < -0.3 is 15.0 Å². The van der Waals surface area contributed by atoms with Gasteiger partial charge in [-0.1, -0.05) is 17.7 Å². The molecule has 0 radical (unpaired) electrons. The molecule has 1 aliphatic rings. The van der Waals surface area contributed by atoms with Gasteiger partial charge in [0.1, 0.15) is 6.34 Å². The molecule has 0 atom stereocenters. The van der Waals surface area contributed by atoms with Crippen LogP contribution in [0, 0.1) is 0 Å². The van der Waals surface area contributed by atoms with Crippen molar-refractivity contribution in [3.63, 3.8) is 0 Å². The molecule has 4 N–H and O–H groups in total. The zero-order valence-electron chi connectivity index (χ0n) is 19.6. The Hall–Kier alpha value is -4.22. The first kappa shape index (κ1) is 26.4. The molecule has 0 aromatic heterocycles. The third-order valence-electron chi connectivity index (χ3n) is 5.36. The second-order valence-corrected chi connectivity index (χ2v) is 8.14. The summed E-state index contributed by atoms with van der Waals surface area (Å²) in [7, 11) is 1.30. The van der Waals surface area contributed by atoms with E-state index in [0.717, 1.165) is 11.1 Å². The smallest absolute Gasteiger partial charge is 0.411 e. The fourth-order valence-electron chi connectivity index (χ4n) is 3.56. The minimum absolute atomic E-state index is 0.149. The van der Waals surface area contributed by atoms with Crippen LogP contribution >= 0.6 is 11.6 Å². The molecule has 188 valence electrons. The Labute approximate surface area is 213 Å². The van der Waals surface area contributed by atoms with E-state index in [9.17, 15) is 14.4 Å². The average molecular weight is 512 g/mol. The number of ether oxygens (including phenoxy) is 1. The van der Waals surface area contributed by atoms with E-state index in [2.05, 4.69) is 32.3 Å². The number of anilines is 2. The van der Waals surface area contributed by atoms with Crippen LogP contribution in [-0.4, -0.2) is 56.1 Å². The molecule has 0 fully saturated rings. The molecule has 1 heterocycles. The van der Waals surface area contributed by atoms with Crippen molar-refractivity contribution < 1.29 is 19.1 Å². The van der Waals surface area contributed by atoms with E-state index in [1.165, 1.54) is 30.6 Å². The number of nitrogens with two attached hydrogens (primary N) is 1. The topological polar surface area (TPSA) is 142 Å². The first-order valence-corrected chi connectivity index (χ1v) is 11.2. The normalized spacial score (nSPS) is 12.8. The van der Waals surface area contributed by atoms with Crippen LogP contribution in [-0.2, 0) is 27.3 Å². The summed E-state index contributed by atoms with van der Waals surface area (Å²) in [4.78, 5) is 38.1. The molecule has 3 rings (SSSR count). The number of halogens is 1. The van der Waals surface area contributed by atoms with Gasteiger partial charge in [-0.3, -0.25) is 19.9 Å². The SMILES string of the molecule is C=N/N=C\N(N)c1ccc(Cl)cc1/C=C/C(=O)NCC(=O)N1CCc2cc(NC(=O)OC)ccc2C1. The molecule has 0 saturated heterocycles. The van der Waals surface area contributed by atoms with Crippen molar-refractivity contribution in [2.75, 3.05) is 30.5 Å². The van der Waals surface area contributed by atoms with Crippen LogP contribution in [0.5, 0.6) is 0 Å². The quantitative estimate of drug-likeness (QED) is 0.163. The summed E-state index contributed by atoms with van der Waals surface area (Å²) in [6.07, 6.45) is 4.18. The number of nitrogens with one attached hydrogen (secondary N) is 2. The van der Waals surface area contributed by atoms with Crippen molar-refractivity contribution in [3.05, 3.63) is 64.2 Å². The van der Waals surface area contributed by atoms with Gasteiger partial charge in [0.15, 0.2) is 0 Å². The summed E-state index contributed by atoms with van der Waals surface area (Å²) in [6.45, 7) is 4.01. The van der Waals surface area contributed by atoms with Crippen LogP contribution in [0.3, 0.4) is 0 Å². The number of hydrogen-bond acceptors (Lipinski definition) is 7. The first-order chi connectivity index (χ1) is 17.3. The number of amides is 3. The Morgan fingerprint density at radius 3 is 2.81 bits per heavy atom. The Morgan fingerprint density at radius 1 is 1.25 bits per heavy atom. The third kappa shape index (κ3) is 7.14. The zero-order chi connectivity index (χ0) is 26.1. The number of hydrogen-bond donors (Lipinski definition) is 3. The Balaban J connectivity index is 1.56. The van der Waals surface area contributed by atoms with Gasteiger partial charge in [0.05, 0.1) is 19.3 Å². The van der Waals surface area contributed by atoms with Gasteiger partial charge in [-0.25, -0.2) is 10.6 Å². The number of nitrogens with zero attached hydrogens (tertiary/aromatic N) is 4. The van der Waals surface area contributed by atoms with E-state index >= 15 is 0 Å². The van der Waals surface area contributed by atoms with E-state index in [-0.39, 0.29) is 12.5 Å². The van der Waals surface area contributed by atoms with Crippen molar-refractivity contribution in [1.82, 2.24) is 10.2 Å². The Morgan fingerprint density at radius 2 is 2.06 bits per heavy atom. The maximum atomic E-state index is 12.7. The summed E-state index contributed by atoms with van der Waals surface area (Å²) >= 11 is 6.07. The summed E-state index contributed by atoms with van der Waals surface area (Å²) in [6, 6.07) is 10.4. The van der Waals surface area contributed by atoms with Crippen LogP contribution in [0.25, 0.3) is 6.08 Å². The summed E-state index contributed by atoms with van der Waals surface area (Å²) in [5.41, 5.74) is 3.75. The third-order valence-corrected chi connectivity index (χ3v) is 5.59. The number of methoxy groups -OCH3 is 1. The van der Waals surface area contributed by atoms with Gasteiger partial charge in [-0.2, -0.15) is 5.10 Å². The van der Waals surface area contributed by atoms with Crippen molar-refractivity contribution in [3.8, 4) is 0 Å². The standard InChI is InChI=1S/C24H26ClN7O4/c1-27-29-15-32(26)21-7-5-19(25)11-17(21)4-8-22(33)28-13-23(34)31-10-9-16-12-20(30-24(35)36-2)6-3-18(16)14-31/h3-8,11-12,15H,1,9-10,13-14,26H2,2H3,(H,28,33)(H,30,35)/b8-4+,29-15-. The van der Waals surface area contributed by atoms with Crippen LogP contribution in [0.1, 0.15) is 16.7 Å². The molecular weight excluding hydrogens is 486 g/mol. The fourth-order valence-corrected chi connectivity index (χ4v) is 3.74. The molecule has 2 aromatic carbocycles. The van der Waals surface area contributed by atoms with Crippen molar-refractivity contribution in [2.45, 2.75) is 13.0 Å². The molecule has 3 amide bonds. The molecule has 12 heteroatoms. The predicted octanol–water partition coefficient (Wildman–Crippen LogP) is 2.56. The van der Waals surface area contributed by atoms with Gasteiger partial charge >= 0.3 is 6.09 Å². The first-order valence-electron chi connectivity index (χ1n) is 10.8. The van der Waals surface area contributed by atoms with Gasteiger partial charge in [-0.15, -0.1) is 5.10 Å². The van der Waals surface area contributed by atoms with Crippen LogP contribution in [0.15, 0.2) is 52.7 Å². The maximum absolute atomic E-state index is 12.7. The molecule has 1 aliphatic heterocycles. The largest absolute Gasteiger partial charge is 0.453 e. The molecule has 36 heavy (non-hydrogen) atoms. The van der Waals surface area contributed by atoms with Gasteiger partial charge in [0, 0.05) is 42.2 Å². The lowest BCUT2D eigenvalue weighted by atomic mass is 9.99. The second-order valence-electron chi connectivity index (χ2n) is 7.70. The van der Waals surface area contributed by atoms with E-state index in [1.54, 1.807) is 29.2 Å². The van der Waals surface area contributed by atoms with Crippen molar-refractivity contribution in [1.29, 1.82) is 0 Å². The molecular formula is C24H26ClN7O4. The highest BCUT2D eigenvalue weighted by molar-refractivity contribution is 6.30. The number of benzene rings is 2. The lowest BCUT2D eigenvalue weighted by molar-refractivity contribution is -0.132. The van der Waals surface area contributed by atoms with Crippen LogP contribution in [0.2, 0.25) is 5.02 Å². The Bertz CT molecular complexity index is 1210. The highest BCUT2D eigenvalue weighted by Crippen LogP contribution is 2.24. The molecule has 2 aromatic rings. The monoisotopic (exact) mass is 511 g/mol. The number of hydrazine groups is 1. The van der Waals surface area contributed by atoms with Gasteiger partial charge in [0.25, 0.3) is 0 Å². The summed E-state index contributed by atoms with van der Waals surface area (Å²) < 4.78 is 4.60. The van der Waals surface area contributed by atoms with Crippen molar-refractivity contribution >= 4 is 60.0 Å². The van der Waals surface area contributed by atoms with Crippen LogP contribution in [0.4, 0.5) is 16.2 Å². The molecule has 0 unspecified atom stereocenters. The number of carbonyl (C=O) groups excluding carboxylic acids is 3. The predicted molar refractivity (Wildman–Crippen MR) is 140 cm³/mol. The maximum Gasteiger partial charge on any atom is 0.411 e.